The van der Waals surface area contributed by atoms with E-state index in [1.54, 1.807) is 11.8 Å². The molecule has 16 heavy (non-hydrogen) atoms. The van der Waals surface area contributed by atoms with Gasteiger partial charge in [-0.25, -0.2) is 0 Å². The number of hydrogen-bond donors (Lipinski definition) is 0. The van der Waals surface area contributed by atoms with Crippen LogP contribution in [0.15, 0.2) is 0 Å². The number of Topliss-reactive ketones (excluding diaryl/α,β-unsaturated/α-hetero) is 1. The smallest absolute Gasteiger partial charge is 0.148 e. The Labute approximate surface area is 104 Å². The van der Waals surface area contributed by atoms with Crippen LogP contribution in [0.2, 0.25) is 0 Å². The van der Waals surface area contributed by atoms with Crippen molar-refractivity contribution in [3.05, 3.63) is 0 Å². The van der Waals surface area contributed by atoms with E-state index in [0.717, 1.165) is 11.8 Å². The van der Waals surface area contributed by atoms with E-state index < -0.39 is 0 Å². The summed E-state index contributed by atoms with van der Waals surface area (Å²) >= 11 is 1.80. The number of likely N-dealkylation sites (tertiary alicyclic amines) is 1. The fourth-order valence-corrected chi connectivity index (χ4v) is 3.15. The number of rotatable bonds is 5. The Bertz CT molecular complexity index is 235. The van der Waals surface area contributed by atoms with Crippen molar-refractivity contribution >= 4 is 17.5 Å². The Kier molecular flexibility index (Phi) is 5.32. The SMILES string of the molecule is CN1CCC[C@H]1CCSCC(=O)C(C)(C)C. The van der Waals surface area contributed by atoms with Gasteiger partial charge in [0.15, 0.2) is 0 Å². The van der Waals surface area contributed by atoms with Crippen LogP contribution >= 0.6 is 11.8 Å². The molecule has 1 rings (SSSR count). The quantitative estimate of drug-likeness (QED) is 0.693. The lowest BCUT2D eigenvalue weighted by molar-refractivity contribution is -0.123. The zero-order chi connectivity index (χ0) is 12.2. The van der Waals surface area contributed by atoms with E-state index in [1.165, 1.54) is 25.8 Å². The van der Waals surface area contributed by atoms with Gasteiger partial charge in [0.25, 0.3) is 0 Å². The van der Waals surface area contributed by atoms with Crippen LogP contribution < -0.4 is 0 Å². The summed E-state index contributed by atoms with van der Waals surface area (Å²) in [6, 6.07) is 0.761. The Morgan fingerprint density at radius 2 is 2.12 bits per heavy atom. The monoisotopic (exact) mass is 243 g/mol. The highest BCUT2D eigenvalue weighted by molar-refractivity contribution is 7.99. The van der Waals surface area contributed by atoms with E-state index >= 15 is 0 Å². The normalized spacial score (nSPS) is 22.6. The summed E-state index contributed by atoms with van der Waals surface area (Å²) in [5.74, 6) is 2.17. The molecule has 94 valence electrons. The molecule has 0 amide bonds. The van der Waals surface area contributed by atoms with E-state index in [2.05, 4.69) is 11.9 Å². The Morgan fingerprint density at radius 3 is 2.62 bits per heavy atom. The molecular weight excluding hydrogens is 218 g/mol. The third-order valence-corrected chi connectivity index (χ3v) is 4.33. The van der Waals surface area contributed by atoms with Crippen molar-refractivity contribution in [3.63, 3.8) is 0 Å². The highest BCUT2D eigenvalue weighted by Crippen LogP contribution is 2.22. The van der Waals surface area contributed by atoms with Crippen molar-refractivity contribution < 1.29 is 4.79 Å². The minimum atomic E-state index is -0.169. The maximum Gasteiger partial charge on any atom is 0.148 e. The summed E-state index contributed by atoms with van der Waals surface area (Å²) in [6.45, 7) is 7.25. The summed E-state index contributed by atoms with van der Waals surface area (Å²) in [6.07, 6.45) is 3.91. The molecule has 0 aliphatic carbocycles. The molecule has 2 nitrogen and oxygen atoms in total. The van der Waals surface area contributed by atoms with Gasteiger partial charge < -0.3 is 4.90 Å². The van der Waals surface area contributed by atoms with Crippen LogP contribution in [0, 0.1) is 5.41 Å². The average Bonchev–Trinajstić information content (AvgIpc) is 2.57. The van der Waals surface area contributed by atoms with E-state index in [0.29, 0.717) is 11.5 Å². The molecule has 0 saturated carbocycles. The molecule has 0 aromatic carbocycles. The maximum absolute atomic E-state index is 11.7. The van der Waals surface area contributed by atoms with Gasteiger partial charge in [0.1, 0.15) is 5.78 Å². The number of ketones is 1. The molecule has 3 heteroatoms. The van der Waals surface area contributed by atoms with Gasteiger partial charge in [0.05, 0.1) is 5.75 Å². The first-order chi connectivity index (χ1) is 7.41. The van der Waals surface area contributed by atoms with Gasteiger partial charge in [-0.05, 0) is 38.6 Å². The summed E-state index contributed by atoms with van der Waals surface area (Å²) in [5.41, 5.74) is -0.169. The topological polar surface area (TPSA) is 20.3 Å². The van der Waals surface area contributed by atoms with Gasteiger partial charge in [-0.2, -0.15) is 11.8 Å². The Morgan fingerprint density at radius 1 is 1.44 bits per heavy atom. The van der Waals surface area contributed by atoms with Gasteiger partial charge in [-0.1, -0.05) is 20.8 Å². The predicted octanol–water partition coefficient (Wildman–Crippen LogP) is 2.82. The fourth-order valence-electron chi connectivity index (χ4n) is 1.94. The number of nitrogens with zero attached hydrogens (tertiary/aromatic N) is 1. The molecule has 0 aromatic heterocycles. The van der Waals surface area contributed by atoms with Crippen LogP contribution in [-0.4, -0.2) is 41.8 Å². The van der Waals surface area contributed by atoms with Gasteiger partial charge in [0, 0.05) is 11.5 Å². The molecule has 1 atom stereocenters. The van der Waals surface area contributed by atoms with E-state index in [4.69, 9.17) is 0 Å². The summed E-state index contributed by atoms with van der Waals surface area (Å²) in [5, 5.41) is 0. The number of carbonyl (C=O) groups is 1. The van der Waals surface area contributed by atoms with Gasteiger partial charge in [0.2, 0.25) is 0 Å². The first-order valence-corrected chi connectivity index (χ1v) is 7.38. The minimum Gasteiger partial charge on any atom is -0.303 e. The molecule has 0 unspecified atom stereocenters. The van der Waals surface area contributed by atoms with Crippen LogP contribution in [0.4, 0.5) is 0 Å². The summed E-state index contributed by atoms with van der Waals surface area (Å²) in [4.78, 5) is 14.1. The number of thioether (sulfide) groups is 1. The molecule has 0 radical (unpaired) electrons. The van der Waals surface area contributed by atoms with Crippen molar-refractivity contribution in [3.8, 4) is 0 Å². The highest BCUT2D eigenvalue weighted by Gasteiger charge is 2.22. The van der Waals surface area contributed by atoms with Crippen LogP contribution in [0.3, 0.4) is 0 Å². The second kappa shape index (κ2) is 6.06. The lowest BCUT2D eigenvalue weighted by atomic mass is 9.92. The summed E-state index contributed by atoms with van der Waals surface area (Å²) < 4.78 is 0. The zero-order valence-corrected chi connectivity index (χ0v) is 11.9. The van der Waals surface area contributed by atoms with Gasteiger partial charge in [-0.15, -0.1) is 0 Å². The van der Waals surface area contributed by atoms with E-state index in [9.17, 15) is 4.79 Å². The third kappa shape index (κ3) is 4.46. The Balaban J connectivity index is 2.10. The molecule has 1 aliphatic rings. The largest absolute Gasteiger partial charge is 0.303 e. The number of hydrogen-bond acceptors (Lipinski definition) is 3. The van der Waals surface area contributed by atoms with Crippen LogP contribution in [0.5, 0.6) is 0 Å². The lowest BCUT2D eigenvalue weighted by Gasteiger charge is -2.19. The second-order valence-electron chi connectivity index (χ2n) is 5.79. The molecule has 1 fully saturated rings. The number of carbonyl (C=O) groups excluding carboxylic acids is 1. The van der Waals surface area contributed by atoms with Crippen molar-refractivity contribution in [2.24, 2.45) is 5.41 Å². The molecule has 0 aromatic rings. The highest BCUT2D eigenvalue weighted by atomic mass is 32.2. The average molecular weight is 243 g/mol. The molecule has 0 N–H and O–H groups in total. The van der Waals surface area contributed by atoms with Crippen molar-refractivity contribution in [2.75, 3.05) is 25.1 Å². The zero-order valence-electron chi connectivity index (χ0n) is 11.1. The predicted molar refractivity (Wildman–Crippen MR) is 72.1 cm³/mol. The van der Waals surface area contributed by atoms with Crippen LogP contribution in [0.1, 0.15) is 40.0 Å². The van der Waals surface area contributed by atoms with Crippen molar-refractivity contribution in [2.45, 2.75) is 46.1 Å². The first-order valence-electron chi connectivity index (χ1n) is 6.22. The van der Waals surface area contributed by atoms with Gasteiger partial charge in [-0.3, -0.25) is 4.79 Å². The molecule has 0 bridgehead atoms. The van der Waals surface area contributed by atoms with E-state index in [-0.39, 0.29) is 5.41 Å². The van der Waals surface area contributed by atoms with Crippen LogP contribution in [0.25, 0.3) is 0 Å². The maximum atomic E-state index is 11.7. The molecule has 1 saturated heterocycles. The lowest BCUT2D eigenvalue weighted by Crippen LogP contribution is -2.26. The summed E-state index contributed by atoms with van der Waals surface area (Å²) in [7, 11) is 2.21. The van der Waals surface area contributed by atoms with Crippen LogP contribution in [-0.2, 0) is 4.79 Å². The minimum absolute atomic E-state index is 0.169. The Hall–Kier alpha value is -0.0200. The third-order valence-electron chi connectivity index (χ3n) is 3.34. The molecule has 1 heterocycles. The molecular formula is C13H25NOS. The van der Waals surface area contributed by atoms with Crippen molar-refractivity contribution in [1.82, 2.24) is 4.90 Å². The fraction of sp³-hybridized carbons (Fsp3) is 0.923. The van der Waals surface area contributed by atoms with Gasteiger partial charge >= 0.3 is 0 Å². The first kappa shape index (κ1) is 14.0. The molecule has 1 aliphatic heterocycles. The van der Waals surface area contributed by atoms with E-state index in [1.807, 2.05) is 20.8 Å². The van der Waals surface area contributed by atoms with Crippen molar-refractivity contribution in [1.29, 1.82) is 0 Å². The molecule has 0 spiro atoms. The second-order valence-corrected chi connectivity index (χ2v) is 6.90. The standard InChI is InChI=1S/C13H25NOS/c1-13(2,3)12(15)10-16-9-7-11-6-5-8-14(11)4/h11H,5-10H2,1-4H3/t11-/m0/s1.